The topological polar surface area (TPSA) is 62.6 Å². The molecule has 1 aromatic heterocycles. The molecule has 0 aliphatic heterocycles. The van der Waals surface area contributed by atoms with Gasteiger partial charge in [0.05, 0.1) is 0 Å². The number of aryl methyl sites for hydroxylation is 2. The zero-order chi connectivity index (χ0) is 15.8. The Hall–Kier alpha value is -0.850. The zero-order valence-electron chi connectivity index (χ0n) is 13.6. The summed E-state index contributed by atoms with van der Waals surface area (Å²) in [5, 5.41) is 3.29. The van der Waals surface area contributed by atoms with E-state index in [1.807, 2.05) is 27.7 Å². The first-order valence-electron chi connectivity index (χ1n) is 7.63. The fraction of sp³-hybridized carbons (Fsp3) is 0.733. The van der Waals surface area contributed by atoms with Gasteiger partial charge in [-0.15, -0.1) is 0 Å². The van der Waals surface area contributed by atoms with Crippen LogP contribution in [0.25, 0.3) is 0 Å². The Bertz CT molecular complexity index is 601. The molecule has 1 aromatic rings. The van der Waals surface area contributed by atoms with E-state index < -0.39 is 10.0 Å². The minimum absolute atomic E-state index is 0.167. The molecule has 2 rings (SSSR count). The monoisotopic (exact) mass is 314 g/mol. The minimum atomic E-state index is -3.48. The van der Waals surface area contributed by atoms with Crippen LogP contribution in [0.4, 0.5) is 0 Å². The first-order chi connectivity index (χ1) is 9.78. The molecule has 21 heavy (non-hydrogen) atoms. The third-order valence-electron chi connectivity index (χ3n) is 3.84. The standard InChI is InChI=1S/C15H26N2O3S/c1-6-17(13-7-8-13)21(18,19)15-12(5)20-11(4)14(15)9-16-10(2)3/h10,13,16H,6-9H2,1-5H3. The van der Waals surface area contributed by atoms with Gasteiger partial charge in [0.1, 0.15) is 16.4 Å². The zero-order valence-corrected chi connectivity index (χ0v) is 14.4. The van der Waals surface area contributed by atoms with Crippen molar-refractivity contribution >= 4 is 10.0 Å². The van der Waals surface area contributed by atoms with E-state index >= 15 is 0 Å². The smallest absolute Gasteiger partial charge is 0.247 e. The van der Waals surface area contributed by atoms with Crippen LogP contribution in [0.3, 0.4) is 0 Å². The predicted octanol–water partition coefficient (Wildman–Crippen LogP) is 2.57. The van der Waals surface area contributed by atoms with Crippen LogP contribution in [0.15, 0.2) is 9.31 Å². The highest BCUT2D eigenvalue weighted by Gasteiger charge is 2.40. The molecule has 0 atom stereocenters. The van der Waals surface area contributed by atoms with E-state index in [-0.39, 0.29) is 6.04 Å². The Labute approximate surface area is 127 Å². The summed E-state index contributed by atoms with van der Waals surface area (Å²) >= 11 is 0. The number of nitrogens with zero attached hydrogens (tertiary/aromatic N) is 1. The third kappa shape index (κ3) is 3.33. The molecule has 0 radical (unpaired) electrons. The van der Waals surface area contributed by atoms with Gasteiger partial charge in [-0.25, -0.2) is 8.42 Å². The second-order valence-electron chi connectivity index (χ2n) is 6.00. The van der Waals surface area contributed by atoms with Crippen LogP contribution in [0.2, 0.25) is 0 Å². The van der Waals surface area contributed by atoms with Gasteiger partial charge in [-0.05, 0) is 26.7 Å². The normalized spacial score (nSPS) is 16.1. The van der Waals surface area contributed by atoms with Crippen molar-refractivity contribution in [2.24, 2.45) is 0 Å². The Morgan fingerprint density at radius 1 is 1.29 bits per heavy atom. The summed E-state index contributed by atoms with van der Waals surface area (Å²) in [5.41, 5.74) is 0.764. The maximum absolute atomic E-state index is 13.0. The molecular weight excluding hydrogens is 288 g/mol. The van der Waals surface area contributed by atoms with Crippen molar-refractivity contribution in [1.29, 1.82) is 0 Å². The van der Waals surface area contributed by atoms with E-state index in [2.05, 4.69) is 5.32 Å². The van der Waals surface area contributed by atoms with Crippen molar-refractivity contribution in [2.75, 3.05) is 6.54 Å². The number of hydrogen-bond acceptors (Lipinski definition) is 4. The molecule has 1 fully saturated rings. The first-order valence-corrected chi connectivity index (χ1v) is 9.07. The van der Waals surface area contributed by atoms with Crippen LogP contribution >= 0.6 is 0 Å². The fourth-order valence-corrected chi connectivity index (χ4v) is 4.77. The highest BCUT2D eigenvalue weighted by atomic mass is 32.2. The molecule has 1 aliphatic rings. The molecule has 0 unspecified atom stereocenters. The second kappa shape index (κ2) is 6.10. The largest absolute Gasteiger partial charge is 0.465 e. The van der Waals surface area contributed by atoms with Crippen LogP contribution in [0, 0.1) is 13.8 Å². The molecule has 5 nitrogen and oxygen atoms in total. The molecular formula is C15H26N2O3S. The second-order valence-corrected chi connectivity index (χ2v) is 7.82. The average Bonchev–Trinajstić information content (AvgIpc) is 3.13. The summed E-state index contributed by atoms with van der Waals surface area (Å²) in [6.07, 6.45) is 1.92. The summed E-state index contributed by atoms with van der Waals surface area (Å²) < 4.78 is 33.2. The number of sulfonamides is 1. The average molecular weight is 314 g/mol. The molecule has 0 aromatic carbocycles. The quantitative estimate of drug-likeness (QED) is 0.840. The highest BCUT2D eigenvalue weighted by molar-refractivity contribution is 7.89. The molecule has 0 amide bonds. The number of hydrogen-bond donors (Lipinski definition) is 1. The van der Waals surface area contributed by atoms with E-state index in [0.29, 0.717) is 35.5 Å². The fourth-order valence-electron chi connectivity index (χ4n) is 2.66. The van der Waals surface area contributed by atoms with Crippen molar-refractivity contribution < 1.29 is 12.8 Å². The summed E-state index contributed by atoms with van der Waals surface area (Å²) in [7, 11) is -3.48. The van der Waals surface area contributed by atoms with Crippen molar-refractivity contribution in [1.82, 2.24) is 9.62 Å². The molecule has 0 saturated heterocycles. The van der Waals surface area contributed by atoms with E-state index in [0.717, 1.165) is 18.4 Å². The van der Waals surface area contributed by atoms with Gasteiger partial charge in [-0.1, -0.05) is 20.8 Å². The Morgan fingerprint density at radius 2 is 1.90 bits per heavy atom. The molecule has 1 heterocycles. The van der Waals surface area contributed by atoms with Crippen LogP contribution in [0.1, 0.15) is 50.7 Å². The van der Waals surface area contributed by atoms with Crippen molar-refractivity contribution in [3.8, 4) is 0 Å². The van der Waals surface area contributed by atoms with Gasteiger partial charge in [-0.2, -0.15) is 4.31 Å². The lowest BCUT2D eigenvalue weighted by Gasteiger charge is -2.20. The lowest BCUT2D eigenvalue weighted by molar-refractivity contribution is 0.417. The lowest BCUT2D eigenvalue weighted by atomic mass is 10.2. The van der Waals surface area contributed by atoms with Crippen molar-refractivity contribution in [3.05, 3.63) is 17.1 Å². The molecule has 6 heteroatoms. The van der Waals surface area contributed by atoms with Crippen LogP contribution in [-0.2, 0) is 16.6 Å². The summed E-state index contributed by atoms with van der Waals surface area (Å²) in [6, 6.07) is 0.460. The van der Waals surface area contributed by atoms with Crippen LogP contribution < -0.4 is 5.32 Å². The van der Waals surface area contributed by atoms with E-state index in [9.17, 15) is 8.42 Å². The van der Waals surface area contributed by atoms with Gasteiger partial charge in [0.2, 0.25) is 10.0 Å². The highest BCUT2D eigenvalue weighted by Crippen LogP contribution is 2.35. The molecule has 0 spiro atoms. The summed E-state index contributed by atoms with van der Waals surface area (Å²) in [4.78, 5) is 0.363. The lowest BCUT2D eigenvalue weighted by Crippen LogP contribution is -2.34. The van der Waals surface area contributed by atoms with Gasteiger partial charge in [0.15, 0.2) is 0 Å². The van der Waals surface area contributed by atoms with Crippen LogP contribution in [-0.4, -0.2) is 31.4 Å². The Balaban J connectivity index is 2.41. The van der Waals surface area contributed by atoms with Gasteiger partial charge in [0.25, 0.3) is 0 Å². The van der Waals surface area contributed by atoms with E-state index in [4.69, 9.17) is 4.42 Å². The number of furan rings is 1. The third-order valence-corrected chi connectivity index (χ3v) is 6.07. The SMILES string of the molecule is CCN(C1CC1)S(=O)(=O)c1c(C)oc(C)c1CNC(C)C. The predicted molar refractivity (Wildman–Crippen MR) is 82.7 cm³/mol. The molecule has 1 saturated carbocycles. The molecule has 0 bridgehead atoms. The van der Waals surface area contributed by atoms with Crippen molar-refractivity contribution in [2.45, 2.75) is 71.0 Å². The molecule has 120 valence electrons. The maximum Gasteiger partial charge on any atom is 0.247 e. The van der Waals surface area contributed by atoms with Gasteiger partial charge in [-0.3, -0.25) is 0 Å². The Morgan fingerprint density at radius 3 is 2.38 bits per heavy atom. The van der Waals surface area contributed by atoms with Gasteiger partial charge < -0.3 is 9.73 Å². The Kier molecular flexibility index (Phi) is 4.80. The minimum Gasteiger partial charge on any atom is -0.465 e. The van der Waals surface area contributed by atoms with Crippen molar-refractivity contribution in [3.63, 3.8) is 0 Å². The summed E-state index contributed by atoms with van der Waals surface area (Å²) in [6.45, 7) is 10.6. The van der Waals surface area contributed by atoms with Gasteiger partial charge >= 0.3 is 0 Å². The molecule has 1 N–H and O–H groups in total. The first kappa shape index (κ1) is 16.5. The number of nitrogens with one attached hydrogen (secondary N) is 1. The summed E-state index contributed by atoms with van der Waals surface area (Å²) in [5.74, 6) is 1.18. The maximum atomic E-state index is 13.0. The van der Waals surface area contributed by atoms with Crippen LogP contribution in [0.5, 0.6) is 0 Å². The number of rotatable bonds is 7. The van der Waals surface area contributed by atoms with E-state index in [1.165, 1.54) is 0 Å². The van der Waals surface area contributed by atoms with E-state index in [1.54, 1.807) is 11.2 Å². The molecule has 1 aliphatic carbocycles. The van der Waals surface area contributed by atoms with Gasteiger partial charge in [0, 0.05) is 30.7 Å².